The Morgan fingerprint density at radius 1 is 1.31 bits per heavy atom. The number of alkyl halides is 3. The van der Waals surface area contributed by atoms with E-state index in [1.807, 2.05) is 5.32 Å². The zero-order valence-electron chi connectivity index (χ0n) is 8.89. The lowest BCUT2D eigenvalue weighted by molar-refractivity contribution is -0.201. The van der Waals surface area contributed by atoms with E-state index in [1.54, 1.807) is 0 Å². The average Bonchev–Trinajstić information content (AvgIpc) is 2.19. The molecule has 0 aromatic carbocycles. The molecule has 1 amide bonds. The maximum absolute atomic E-state index is 11.8. The number of aliphatic hydroxyl groups excluding tert-OH is 1. The molecule has 0 heterocycles. The fourth-order valence-electron chi connectivity index (χ4n) is 1.02. The summed E-state index contributed by atoms with van der Waals surface area (Å²) in [6.45, 7) is -0.256. The van der Waals surface area contributed by atoms with Gasteiger partial charge in [-0.1, -0.05) is 6.42 Å². The third kappa shape index (κ3) is 7.47. The molecule has 16 heavy (non-hydrogen) atoms. The lowest BCUT2D eigenvalue weighted by Crippen LogP contribution is -2.40. The summed E-state index contributed by atoms with van der Waals surface area (Å²) in [5.74, 6) is -0.486. The first-order chi connectivity index (χ1) is 7.38. The quantitative estimate of drug-likeness (QED) is 0.570. The van der Waals surface area contributed by atoms with Crippen LogP contribution in [0.25, 0.3) is 0 Å². The fourth-order valence-corrected chi connectivity index (χ4v) is 1.02. The van der Waals surface area contributed by atoms with Gasteiger partial charge in [0.15, 0.2) is 6.10 Å². The van der Waals surface area contributed by atoms with Gasteiger partial charge in [-0.25, -0.2) is 0 Å². The van der Waals surface area contributed by atoms with Crippen LogP contribution in [0.3, 0.4) is 0 Å². The number of carbonyl (C=O) groups is 1. The van der Waals surface area contributed by atoms with Gasteiger partial charge in [-0.05, 0) is 19.4 Å². The highest BCUT2D eigenvalue weighted by Crippen LogP contribution is 2.19. The minimum absolute atomic E-state index is 0.157. The van der Waals surface area contributed by atoms with Crippen LogP contribution in [0, 0.1) is 0 Å². The Morgan fingerprint density at radius 2 is 1.94 bits per heavy atom. The van der Waals surface area contributed by atoms with Crippen molar-refractivity contribution in [3.05, 3.63) is 0 Å². The highest BCUT2D eigenvalue weighted by atomic mass is 19.4. The monoisotopic (exact) mass is 242 g/mol. The summed E-state index contributed by atoms with van der Waals surface area (Å²) in [6.07, 6.45) is -4.88. The highest BCUT2D eigenvalue weighted by Gasteiger charge is 2.38. The van der Waals surface area contributed by atoms with Crippen LogP contribution < -0.4 is 11.1 Å². The van der Waals surface area contributed by atoms with Crippen molar-refractivity contribution in [2.24, 2.45) is 5.73 Å². The van der Waals surface area contributed by atoms with Crippen LogP contribution in [0.1, 0.15) is 25.7 Å². The van der Waals surface area contributed by atoms with Crippen molar-refractivity contribution < 1.29 is 23.1 Å². The standard InChI is InChI=1S/C9H17F3N2O2/c10-9(11,12)7(15)6-14-8(16)4-2-1-3-5-13/h7,15H,1-6,13H2,(H,14,16). The summed E-state index contributed by atoms with van der Waals surface area (Å²) < 4.78 is 35.5. The van der Waals surface area contributed by atoms with Crippen LogP contribution in [-0.2, 0) is 4.79 Å². The van der Waals surface area contributed by atoms with Gasteiger partial charge in [-0.2, -0.15) is 13.2 Å². The molecule has 0 spiro atoms. The molecule has 0 bridgehead atoms. The molecule has 4 N–H and O–H groups in total. The molecule has 0 aromatic rings. The molecule has 0 saturated carbocycles. The Kier molecular flexibility index (Phi) is 7.07. The van der Waals surface area contributed by atoms with Crippen molar-refractivity contribution in [2.45, 2.75) is 38.0 Å². The van der Waals surface area contributed by atoms with Gasteiger partial charge in [0.05, 0.1) is 6.54 Å². The molecule has 0 rings (SSSR count). The van der Waals surface area contributed by atoms with Gasteiger partial charge < -0.3 is 16.2 Å². The molecule has 0 aliphatic carbocycles. The Labute approximate surface area is 92.0 Å². The molecule has 1 atom stereocenters. The minimum atomic E-state index is -4.69. The molecule has 96 valence electrons. The molecule has 0 radical (unpaired) electrons. The average molecular weight is 242 g/mol. The number of amides is 1. The first-order valence-electron chi connectivity index (χ1n) is 5.09. The Bertz CT molecular complexity index is 209. The normalized spacial score (nSPS) is 13.6. The van der Waals surface area contributed by atoms with Crippen LogP contribution in [0.15, 0.2) is 0 Å². The smallest absolute Gasteiger partial charge is 0.382 e. The Hall–Kier alpha value is -0.820. The largest absolute Gasteiger partial charge is 0.416 e. The van der Waals surface area contributed by atoms with Crippen molar-refractivity contribution >= 4 is 5.91 Å². The van der Waals surface area contributed by atoms with E-state index in [0.29, 0.717) is 13.0 Å². The van der Waals surface area contributed by atoms with Crippen LogP contribution in [0.4, 0.5) is 13.2 Å². The lowest BCUT2D eigenvalue weighted by Gasteiger charge is -2.14. The summed E-state index contributed by atoms with van der Waals surface area (Å²) in [5, 5.41) is 10.6. The summed E-state index contributed by atoms with van der Waals surface area (Å²) >= 11 is 0. The third-order valence-corrected chi connectivity index (χ3v) is 1.98. The molecule has 1 unspecified atom stereocenters. The molecule has 0 saturated heterocycles. The molecule has 4 nitrogen and oxygen atoms in total. The van der Waals surface area contributed by atoms with Crippen LogP contribution in [0.2, 0.25) is 0 Å². The molecular weight excluding hydrogens is 225 g/mol. The highest BCUT2D eigenvalue weighted by molar-refractivity contribution is 5.75. The van der Waals surface area contributed by atoms with Gasteiger partial charge in [0.1, 0.15) is 0 Å². The maximum Gasteiger partial charge on any atom is 0.416 e. The van der Waals surface area contributed by atoms with E-state index in [4.69, 9.17) is 10.8 Å². The first-order valence-corrected chi connectivity index (χ1v) is 5.09. The van der Waals surface area contributed by atoms with E-state index >= 15 is 0 Å². The van der Waals surface area contributed by atoms with Crippen molar-refractivity contribution in [1.29, 1.82) is 0 Å². The van der Waals surface area contributed by atoms with Gasteiger partial charge in [-0.3, -0.25) is 4.79 Å². The lowest BCUT2D eigenvalue weighted by atomic mass is 10.2. The van der Waals surface area contributed by atoms with Gasteiger partial charge in [0, 0.05) is 6.42 Å². The first kappa shape index (κ1) is 15.2. The number of hydrogen-bond donors (Lipinski definition) is 3. The number of aliphatic hydroxyl groups is 1. The minimum Gasteiger partial charge on any atom is -0.382 e. The molecular formula is C9H17F3N2O2. The summed E-state index contributed by atoms with van der Waals surface area (Å²) in [7, 11) is 0. The third-order valence-electron chi connectivity index (χ3n) is 1.98. The van der Waals surface area contributed by atoms with E-state index in [9.17, 15) is 18.0 Å². The summed E-state index contributed by atoms with van der Waals surface area (Å²) in [5.41, 5.74) is 5.23. The summed E-state index contributed by atoms with van der Waals surface area (Å²) in [4.78, 5) is 11.0. The predicted molar refractivity (Wildman–Crippen MR) is 52.6 cm³/mol. The molecule has 0 aliphatic rings. The maximum atomic E-state index is 11.8. The second kappa shape index (κ2) is 7.45. The van der Waals surface area contributed by atoms with Gasteiger partial charge >= 0.3 is 6.18 Å². The zero-order chi connectivity index (χ0) is 12.6. The second-order valence-corrected chi connectivity index (χ2v) is 3.46. The van der Waals surface area contributed by atoms with Crippen LogP contribution in [0.5, 0.6) is 0 Å². The topological polar surface area (TPSA) is 75.4 Å². The second-order valence-electron chi connectivity index (χ2n) is 3.46. The molecule has 0 aliphatic heterocycles. The van der Waals surface area contributed by atoms with Crippen molar-refractivity contribution in [3.8, 4) is 0 Å². The van der Waals surface area contributed by atoms with Crippen molar-refractivity contribution in [3.63, 3.8) is 0 Å². The van der Waals surface area contributed by atoms with Gasteiger partial charge in [0.2, 0.25) is 5.91 Å². The summed E-state index contributed by atoms with van der Waals surface area (Å²) in [6, 6.07) is 0. The van der Waals surface area contributed by atoms with Gasteiger partial charge in [-0.15, -0.1) is 0 Å². The number of unbranched alkanes of at least 4 members (excludes halogenated alkanes) is 2. The molecule has 0 aromatic heterocycles. The number of rotatable bonds is 7. The van der Waals surface area contributed by atoms with E-state index in [1.165, 1.54) is 0 Å². The number of halogens is 3. The zero-order valence-corrected chi connectivity index (χ0v) is 8.89. The van der Waals surface area contributed by atoms with E-state index in [0.717, 1.165) is 12.8 Å². The number of nitrogens with one attached hydrogen (secondary N) is 1. The van der Waals surface area contributed by atoms with E-state index in [2.05, 4.69) is 0 Å². The molecule has 7 heteroatoms. The van der Waals surface area contributed by atoms with Crippen LogP contribution in [-0.4, -0.2) is 36.4 Å². The number of nitrogens with two attached hydrogens (primary N) is 1. The SMILES string of the molecule is NCCCCCC(=O)NCC(O)C(F)(F)F. The van der Waals surface area contributed by atoms with E-state index in [-0.39, 0.29) is 6.42 Å². The predicted octanol–water partition coefficient (Wildman–Crippen LogP) is 0.545. The van der Waals surface area contributed by atoms with E-state index < -0.39 is 24.7 Å². The molecule has 0 fully saturated rings. The Morgan fingerprint density at radius 3 is 2.44 bits per heavy atom. The van der Waals surface area contributed by atoms with Crippen molar-refractivity contribution in [1.82, 2.24) is 5.32 Å². The Balaban J connectivity index is 3.58. The number of carbonyl (C=O) groups excluding carboxylic acids is 1. The number of hydrogen-bond acceptors (Lipinski definition) is 3. The van der Waals surface area contributed by atoms with Crippen LogP contribution >= 0.6 is 0 Å². The van der Waals surface area contributed by atoms with Crippen molar-refractivity contribution in [2.75, 3.05) is 13.1 Å². The van der Waals surface area contributed by atoms with Gasteiger partial charge in [0.25, 0.3) is 0 Å². The fraction of sp³-hybridized carbons (Fsp3) is 0.889.